The molecule has 2 heterocycles. The third kappa shape index (κ3) is 18.3. The summed E-state index contributed by atoms with van der Waals surface area (Å²) in [5.41, 5.74) is 6.26. The van der Waals surface area contributed by atoms with Gasteiger partial charge in [-0.15, -0.1) is 11.3 Å². The van der Waals surface area contributed by atoms with E-state index in [1.54, 1.807) is 54.7 Å². The van der Waals surface area contributed by atoms with Crippen LogP contribution in [0.2, 0.25) is 5.02 Å². The number of nitrogens with zero attached hydrogens (tertiary/aromatic N) is 4. The lowest BCUT2D eigenvalue weighted by Gasteiger charge is -2.39. The molecule has 0 spiro atoms. The third-order valence-electron chi connectivity index (χ3n) is 12.3. The van der Waals surface area contributed by atoms with Crippen LogP contribution in [0.5, 0.6) is 5.75 Å². The molecule has 76 heavy (non-hydrogen) atoms. The predicted molar refractivity (Wildman–Crippen MR) is 294 cm³/mol. The largest absolute Gasteiger partial charge is 0.484 e. The molecule has 0 radical (unpaired) electrons. The van der Waals surface area contributed by atoms with Crippen LogP contribution in [0.4, 0.5) is 11.4 Å². The number of rotatable bonds is 31. The maximum Gasteiger partial charge on any atom is 0.264 e. The van der Waals surface area contributed by atoms with Gasteiger partial charge in [0.05, 0.1) is 78.2 Å². The second-order valence-corrected chi connectivity index (χ2v) is 19.2. The number of nitriles is 1. The second kappa shape index (κ2) is 31.4. The van der Waals surface area contributed by atoms with Crippen LogP contribution in [0.25, 0.3) is 17.2 Å². The number of likely N-dealkylation sites (N-methyl/N-ethyl adjacent to an activating group) is 1. The molecular weight excluding hydrogens is 1010 g/mol. The van der Waals surface area contributed by atoms with Crippen LogP contribution in [0.3, 0.4) is 0 Å². The summed E-state index contributed by atoms with van der Waals surface area (Å²) in [6.45, 7) is 10.0. The normalized spacial score (nSPS) is 14.5. The number of benzene rings is 4. The fraction of sp³-hybridized carbons (Fsp3) is 0.404. The van der Waals surface area contributed by atoms with Crippen LogP contribution in [0.1, 0.15) is 78.6 Å². The number of hydrogen-bond acceptors (Lipinski definition) is 14. The lowest BCUT2D eigenvalue weighted by atomic mass is 9.88. The molecule has 1 aliphatic rings. The number of amides is 4. The Morgan fingerprint density at radius 1 is 0.829 bits per heavy atom. The van der Waals surface area contributed by atoms with E-state index in [4.69, 9.17) is 40.0 Å². The van der Waals surface area contributed by atoms with Crippen molar-refractivity contribution in [2.75, 3.05) is 103 Å². The number of nitrogens with one attached hydrogen (secondary N) is 3. The van der Waals surface area contributed by atoms with E-state index in [1.165, 1.54) is 17.4 Å². The summed E-state index contributed by atoms with van der Waals surface area (Å²) < 4.78 is 33.5. The highest BCUT2D eigenvalue weighted by atomic mass is 35.5. The first-order valence-corrected chi connectivity index (χ1v) is 26.7. The molecule has 0 fully saturated rings. The highest BCUT2D eigenvalue weighted by Gasteiger charge is 2.33. The Kier molecular flexibility index (Phi) is 24.2. The van der Waals surface area contributed by atoms with Crippen LogP contribution in [-0.2, 0) is 38.1 Å². The Labute approximate surface area is 454 Å². The minimum absolute atomic E-state index is 0.00134. The minimum Gasteiger partial charge on any atom is -0.484 e. The summed E-state index contributed by atoms with van der Waals surface area (Å²) in [6, 6.07) is 30.2. The summed E-state index contributed by atoms with van der Waals surface area (Å²) in [5.74, 6) is -0.342. The zero-order chi connectivity index (χ0) is 54.1. The molecule has 1 unspecified atom stereocenters. The minimum atomic E-state index is -0.379. The predicted octanol–water partition coefficient (Wildman–Crippen LogP) is 8.68. The van der Waals surface area contributed by atoms with E-state index >= 15 is 0 Å². The molecule has 4 amide bonds. The van der Waals surface area contributed by atoms with Crippen molar-refractivity contribution in [2.45, 2.75) is 58.2 Å². The summed E-state index contributed by atoms with van der Waals surface area (Å²) in [7, 11) is 1.69. The van der Waals surface area contributed by atoms with Crippen LogP contribution >= 0.6 is 22.9 Å². The van der Waals surface area contributed by atoms with Gasteiger partial charge in [-0.2, -0.15) is 5.26 Å². The van der Waals surface area contributed by atoms with E-state index in [1.807, 2.05) is 78.6 Å². The number of hydrogen-bond donors (Lipinski definition) is 3. The number of fused-ring (bicyclic) bond motifs is 1. The number of carbonyl (C=O) groups is 4. The average Bonchev–Trinajstić information content (AvgIpc) is 3.96. The Hall–Kier alpha value is -6.69. The number of ether oxygens (including phenoxy) is 6. The molecule has 19 heteroatoms. The van der Waals surface area contributed by atoms with E-state index < -0.39 is 0 Å². The molecular formula is C57H68ClN7O10S. The molecule has 3 N–H and O–H groups in total. The van der Waals surface area contributed by atoms with Crippen LogP contribution < -0.4 is 25.6 Å². The number of thiazole rings is 1. The molecule has 0 bridgehead atoms. The highest BCUT2D eigenvalue weighted by Crippen LogP contribution is 2.41. The van der Waals surface area contributed by atoms with Crippen molar-refractivity contribution in [3.63, 3.8) is 0 Å². The van der Waals surface area contributed by atoms with Crippen LogP contribution in [-0.4, -0.2) is 132 Å². The average molecular weight is 1080 g/mol. The van der Waals surface area contributed by atoms with Gasteiger partial charge >= 0.3 is 0 Å². The molecule has 404 valence electrons. The molecule has 0 saturated carbocycles. The number of aromatic nitrogens is 1. The van der Waals surface area contributed by atoms with Gasteiger partial charge in [-0.1, -0.05) is 55.3 Å². The van der Waals surface area contributed by atoms with E-state index in [-0.39, 0.29) is 53.9 Å². The van der Waals surface area contributed by atoms with Gasteiger partial charge in [0.15, 0.2) is 6.61 Å². The van der Waals surface area contributed by atoms with Crippen molar-refractivity contribution in [1.82, 2.24) is 20.5 Å². The fourth-order valence-electron chi connectivity index (χ4n) is 8.55. The van der Waals surface area contributed by atoms with E-state index in [2.05, 4.69) is 33.9 Å². The van der Waals surface area contributed by atoms with Gasteiger partial charge in [-0.3, -0.25) is 19.2 Å². The standard InChI is InChI=1S/C57H68ClN7O10S/c1-5-6-52(64(4)57(69)46(38-59)37-55-61-23-34-76-55)43-11-18-49(19-12-43)75-39-54(67)60-21-24-70-26-28-72-30-32-74-33-31-73-29-27-71-25-22-62-56(68)44-9-7-42(8-10-44)45-13-20-53-50(36-45)51(35-40(2)65(53)41(3)66)63-48-16-14-47(58)15-17-48/h7-20,23,34,36-37,40,51-52,63H,5-6,21-22,24-33,35,39H2,1-4H3,(H,60,67)(H,62,68)/b46-37+/t40-,51+,52?/m0/s1. The van der Waals surface area contributed by atoms with E-state index in [0.717, 1.165) is 46.5 Å². The lowest BCUT2D eigenvalue weighted by molar-refractivity contribution is -0.127. The van der Waals surface area contributed by atoms with E-state index in [9.17, 15) is 24.4 Å². The molecule has 17 nitrogen and oxygen atoms in total. The van der Waals surface area contributed by atoms with Crippen molar-refractivity contribution in [2.24, 2.45) is 0 Å². The number of carbonyl (C=O) groups excluding carboxylic acids is 4. The molecule has 6 rings (SSSR count). The smallest absolute Gasteiger partial charge is 0.264 e. The van der Waals surface area contributed by atoms with Crippen molar-refractivity contribution in [1.29, 1.82) is 5.26 Å². The monoisotopic (exact) mass is 1080 g/mol. The second-order valence-electron chi connectivity index (χ2n) is 17.8. The van der Waals surface area contributed by atoms with Crippen LogP contribution in [0, 0.1) is 11.3 Å². The first-order chi connectivity index (χ1) is 36.9. The number of halogens is 1. The first kappa shape index (κ1) is 58.6. The molecule has 5 aromatic rings. The highest BCUT2D eigenvalue weighted by molar-refractivity contribution is 7.10. The Bertz CT molecular complexity index is 2690. The SMILES string of the molecule is CCCC(c1ccc(OCC(=O)NCCOCCOCCOCCOCCOCCNC(=O)c2ccc(-c3ccc4c(c3)[C@H](Nc3ccc(Cl)cc3)C[C@H](C)N4C(C)=O)cc2)cc1)N(C)C(=O)/C(C#N)=C/c1nccs1. The number of anilines is 2. The molecule has 1 aliphatic heterocycles. The third-order valence-corrected chi connectivity index (χ3v) is 13.3. The Morgan fingerprint density at radius 2 is 1.43 bits per heavy atom. The quantitative estimate of drug-likeness (QED) is 0.0216. The van der Waals surface area contributed by atoms with Gasteiger partial charge in [0, 0.05) is 66.6 Å². The Balaban J connectivity index is 0.743. The van der Waals surface area contributed by atoms with Gasteiger partial charge in [-0.05, 0) is 109 Å². The summed E-state index contributed by atoms with van der Waals surface area (Å²) in [4.78, 5) is 58.7. The van der Waals surface area contributed by atoms with Gasteiger partial charge in [0.1, 0.15) is 22.4 Å². The zero-order valence-corrected chi connectivity index (χ0v) is 45.2. The van der Waals surface area contributed by atoms with Crippen molar-refractivity contribution in [3.8, 4) is 22.9 Å². The van der Waals surface area contributed by atoms with E-state index in [0.29, 0.717) is 107 Å². The van der Waals surface area contributed by atoms with Crippen molar-refractivity contribution in [3.05, 3.63) is 135 Å². The molecule has 4 aromatic carbocycles. The van der Waals surface area contributed by atoms with Gasteiger partial charge in [0.2, 0.25) is 5.91 Å². The Morgan fingerprint density at radius 3 is 2.01 bits per heavy atom. The lowest BCUT2D eigenvalue weighted by Crippen LogP contribution is -2.43. The zero-order valence-electron chi connectivity index (χ0n) is 43.6. The fourth-order valence-corrected chi connectivity index (χ4v) is 9.25. The molecule has 0 saturated heterocycles. The van der Waals surface area contributed by atoms with Gasteiger partial charge in [-0.25, -0.2) is 4.98 Å². The molecule has 3 atom stereocenters. The topological polar surface area (TPSA) is 203 Å². The van der Waals surface area contributed by atoms with Crippen molar-refractivity contribution >= 4 is 64.0 Å². The summed E-state index contributed by atoms with van der Waals surface area (Å²) in [5, 5.41) is 22.0. The summed E-state index contributed by atoms with van der Waals surface area (Å²) in [6.07, 6.45) is 5.40. The molecule has 1 aromatic heterocycles. The maximum atomic E-state index is 13.2. The van der Waals surface area contributed by atoms with Gasteiger partial charge in [0.25, 0.3) is 17.7 Å². The van der Waals surface area contributed by atoms with Crippen molar-refractivity contribution < 1.29 is 47.6 Å². The first-order valence-electron chi connectivity index (χ1n) is 25.5. The van der Waals surface area contributed by atoms with Gasteiger partial charge < -0.3 is 54.2 Å². The van der Waals surface area contributed by atoms with Crippen LogP contribution in [0.15, 0.2) is 108 Å². The summed E-state index contributed by atoms with van der Waals surface area (Å²) >= 11 is 7.48. The maximum absolute atomic E-state index is 13.2. The molecule has 0 aliphatic carbocycles.